The molecule has 0 aliphatic rings. The van der Waals surface area contributed by atoms with Gasteiger partial charge in [0.05, 0.1) is 13.1 Å². The molecule has 7 nitrogen and oxygen atoms in total. The van der Waals surface area contributed by atoms with Crippen molar-refractivity contribution in [2.45, 2.75) is 12.8 Å². The van der Waals surface area contributed by atoms with Crippen LogP contribution >= 0.6 is 0 Å². The molecule has 0 rings (SSSR count). The van der Waals surface area contributed by atoms with Gasteiger partial charge in [0.15, 0.2) is 0 Å². The van der Waals surface area contributed by atoms with Crippen LogP contribution in [0.3, 0.4) is 0 Å². The summed E-state index contributed by atoms with van der Waals surface area (Å²) in [4.78, 5) is 24.7. The molecule has 0 aliphatic heterocycles. The molecule has 0 spiro atoms. The molecular formula is C13H23N5O2. The summed E-state index contributed by atoms with van der Waals surface area (Å²) in [6.07, 6.45) is 7.00. The number of hydrogen-bond donors (Lipinski definition) is 4. The Bertz CT molecular complexity index is 351. The molecule has 2 amide bonds. The fraction of sp³-hybridized carbons (Fsp3) is 0.615. The van der Waals surface area contributed by atoms with E-state index in [0.29, 0.717) is 45.6 Å². The number of carbonyl (C=O) groups is 2. The van der Waals surface area contributed by atoms with Gasteiger partial charge in [0.1, 0.15) is 0 Å². The molecule has 20 heavy (non-hydrogen) atoms. The van der Waals surface area contributed by atoms with Crippen molar-refractivity contribution in [1.29, 1.82) is 5.41 Å². The van der Waals surface area contributed by atoms with E-state index in [1.165, 1.54) is 0 Å². The first kappa shape index (κ1) is 18.1. The number of hydrogen-bond acceptors (Lipinski definition) is 5. The predicted molar refractivity (Wildman–Crippen MR) is 78.4 cm³/mol. The van der Waals surface area contributed by atoms with Crippen molar-refractivity contribution in [2.75, 3.05) is 39.3 Å². The van der Waals surface area contributed by atoms with E-state index in [1.54, 1.807) is 0 Å². The van der Waals surface area contributed by atoms with Crippen LogP contribution in [0.25, 0.3) is 0 Å². The third-order valence-corrected chi connectivity index (χ3v) is 2.49. The Labute approximate surface area is 119 Å². The van der Waals surface area contributed by atoms with Crippen LogP contribution in [0.1, 0.15) is 12.8 Å². The van der Waals surface area contributed by atoms with Crippen molar-refractivity contribution in [1.82, 2.24) is 15.5 Å². The highest BCUT2D eigenvalue weighted by Crippen LogP contribution is 1.94. The Balaban J connectivity index is 3.97. The largest absolute Gasteiger partial charge is 0.355 e. The second kappa shape index (κ2) is 12.1. The third-order valence-electron chi connectivity index (χ3n) is 2.49. The molecule has 112 valence electrons. The summed E-state index contributed by atoms with van der Waals surface area (Å²) in [5, 5.41) is 12.1. The average Bonchev–Trinajstić information content (AvgIpc) is 2.45. The number of nitrogens with one attached hydrogen (secondary N) is 3. The van der Waals surface area contributed by atoms with Crippen molar-refractivity contribution < 1.29 is 9.59 Å². The number of amides is 2. The molecule has 0 aromatic carbocycles. The molecule has 0 atom stereocenters. The minimum Gasteiger partial charge on any atom is -0.355 e. The number of carbonyl (C=O) groups excluding carboxylic acids is 2. The third kappa shape index (κ3) is 10.1. The maximum atomic E-state index is 11.4. The highest BCUT2D eigenvalue weighted by molar-refractivity contribution is 5.78. The number of rotatable bonds is 11. The zero-order chi connectivity index (χ0) is 15.2. The van der Waals surface area contributed by atoms with E-state index in [-0.39, 0.29) is 18.4 Å². The SMILES string of the molecule is C#CCN(CCC(=O)NCC=N)CCC(=O)NCCN. The summed E-state index contributed by atoms with van der Waals surface area (Å²) in [6.45, 7) is 2.47. The molecule has 0 fully saturated rings. The maximum absolute atomic E-state index is 11.4. The first-order valence-corrected chi connectivity index (χ1v) is 6.52. The molecule has 0 saturated carbocycles. The van der Waals surface area contributed by atoms with Gasteiger partial charge in [-0.2, -0.15) is 0 Å². The minimum atomic E-state index is -0.136. The van der Waals surface area contributed by atoms with E-state index in [4.69, 9.17) is 17.6 Å². The van der Waals surface area contributed by atoms with Gasteiger partial charge in [-0.15, -0.1) is 6.42 Å². The van der Waals surface area contributed by atoms with Crippen LogP contribution in [-0.4, -0.2) is 62.2 Å². The van der Waals surface area contributed by atoms with Crippen LogP contribution in [0.15, 0.2) is 0 Å². The normalized spacial score (nSPS) is 9.85. The molecule has 0 saturated heterocycles. The molecule has 0 aromatic rings. The zero-order valence-corrected chi connectivity index (χ0v) is 11.7. The Morgan fingerprint density at radius 2 is 1.85 bits per heavy atom. The van der Waals surface area contributed by atoms with Gasteiger partial charge >= 0.3 is 0 Å². The first-order chi connectivity index (χ1) is 9.63. The zero-order valence-electron chi connectivity index (χ0n) is 11.7. The van der Waals surface area contributed by atoms with Crippen molar-refractivity contribution in [3.8, 4) is 12.3 Å². The number of nitrogens with two attached hydrogens (primary N) is 1. The Morgan fingerprint density at radius 3 is 2.35 bits per heavy atom. The molecule has 0 radical (unpaired) electrons. The van der Waals surface area contributed by atoms with Crippen molar-refractivity contribution in [2.24, 2.45) is 5.73 Å². The lowest BCUT2D eigenvalue weighted by molar-refractivity contribution is -0.121. The average molecular weight is 281 g/mol. The van der Waals surface area contributed by atoms with Crippen LogP contribution < -0.4 is 16.4 Å². The van der Waals surface area contributed by atoms with E-state index < -0.39 is 0 Å². The Morgan fingerprint density at radius 1 is 1.25 bits per heavy atom. The van der Waals surface area contributed by atoms with Gasteiger partial charge in [-0.1, -0.05) is 5.92 Å². The molecule has 5 N–H and O–H groups in total. The van der Waals surface area contributed by atoms with E-state index >= 15 is 0 Å². The fourth-order valence-corrected chi connectivity index (χ4v) is 1.47. The lowest BCUT2D eigenvalue weighted by atomic mass is 10.3. The van der Waals surface area contributed by atoms with Gasteiger partial charge in [-0.3, -0.25) is 14.5 Å². The van der Waals surface area contributed by atoms with Crippen molar-refractivity contribution in [3.63, 3.8) is 0 Å². The minimum absolute atomic E-state index is 0.0780. The second-order valence-corrected chi connectivity index (χ2v) is 4.13. The topological polar surface area (TPSA) is 111 Å². The molecule has 7 heteroatoms. The second-order valence-electron chi connectivity index (χ2n) is 4.13. The van der Waals surface area contributed by atoms with Gasteiger partial charge in [0.25, 0.3) is 0 Å². The van der Waals surface area contributed by atoms with Gasteiger partial charge in [0, 0.05) is 45.2 Å². The van der Waals surface area contributed by atoms with Gasteiger partial charge in [-0.25, -0.2) is 0 Å². The fourth-order valence-electron chi connectivity index (χ4n) is 1.47. The quantitative estimate of drug-likeness (QED) is 0.274. The van der Waals surface area contributed by atoms with Crippen LogP contribution in [0.4, 0.5) is 0 Å². The summed E-state index contributed by atoms with van der Waals surface area (Å²) in [5.41, 5.74) is 5.29. The first-order valence-electron chi connectivity index (χ1n) is 6.52. The van der Waals surface area contributed by atoms with Gasteiger partial charge < -0.3 is 21.8 Å². The lowest BCUT2D eigenvalue weighted by Gasteiger charge is -2.19. The summed E-state index contributed by atoms with van der Waals surface area (Å²) in [6, 6.07) is 0. The summed E-state index contributed by atoms with van der Waals surface area (Å²) in [5.74, 6) is 2.29. The predicted octanol–water partition coefficient (Wildman–Crippen LogP) is -1.46. The molecule has 0 aromatic heterocycles. The maximum Gasteiger partial charge on any atom is 0.221 e. The van der Waals surface area contributed by atoms with E-state index in [0.717, 1.165) is 6.21 Å². The van der Waals surface area contributed by atoms with Crippen LogP contribution in [0.5, 0.6) is 0 Å². The van der Waals surface area contributed by atoms with Crippen LogP contribution in [-0.2, 0) is 9.59 Å². The summed E-state index contributed by atoms with van der Waals surface area (Å²) < 4.78 is 0. The van der Waals surface area contributed by atoms with Gasteiger partial charge in [-0.05, 0) is 0 Å². The van der Waals surface area contributed by atoms with Crippen LogP contribution in [0.2, 0.25) is 0 Å². The molecule has 0 heterocycles. The molecule has 0 unspecified atom stereocenters. The molecule has 0 aliphatic carbocycles. The highest BCUT2D eigenvalue weighted by atomic mass is 16.2. The lowest BCUT2D eigenvalue weighted by Crippen LogP contribution is -2.35. The molecule has 0 bridgehead atoms. The smallest absolute Gasteiger partial charge is 0.221 e. The van der Waals surface area contributed by atoms with Gasteiger partial charge in [0.2, 0.25) is 11.8 Å². The summed E-state index contributed by atoms with van der Waals surface area (Å²) in [7, 11) is 0. The van der Waals surface area contributed by atoms with Crippen LogP contribution in [0, 0.1) is 17.8 Å². The highest BCUT2D eigenvalue weighted by Gasteiger charge is 2.09. The number of nitrogens with zero attached hydrogens (tertiary/aromatic N) is 1. The standard InChI is InChI=1S/C13H23N5O2/c1-2-9-18(10-3-12(19)16-7-5-14)11-4-13(20)17-8-6-15/h1,5,14H,3-4,6-11,15H2,(H,16,19)(H,17,20). The Kier molecular flexibility index (Phi) is 11.0. The van der Waals surface area contributed by atoms with E-state index in [1.807, 2.05) is 4.90 Å². The van der Waals surface area contributed by atoms with E-state index in [2.05, 4.69) is 16.6 Å². The number of terminal acetylenes is 1. The van der Waals surface area contributed by atoms with Crippen molar-refractivity contribution >= 4 is 18.0 Å². The van der Waals surface area contributed by atoms with Crippen molar-refractivity contribution in [3.05, 3.63) is 0 Å². The van der Waals surface area contributed by atoms with E-state index in [9.17, 15) is 9.59 Å². The summed E-state index contributed by atoms with van der Waals surface area (Å²) >= 11 is 0. The monoisotopic (exact) mass is 281 g/mol. The Hall–Kier alpha value is -1.91. The molecular weight excluding hydrogens is 258 g/mol.